The minimum absolute atomic E-state index is 0.319. The summed E-state index contributed by atoms with van der Waals surface area (Å²) < 4.78 is 5.42. The van der Waals surface area contributed by atoms with Crippen LogP contribution in [0.1, 0.15) is 18.9 Å². The van der Waals surface area contributed by atoms with E-state index in [9.17, 15) is 9.59 Å². The molecule has 0 aromatic heterocycles. The monoisotopic (exact) mass is 323 g/mol. The van der Waals surface area contributed by atoms with E-state index in [1.807, 2.05) is 13.0 Å². The molecule has 2 rings (SSSR count). The molecular formula is C18H17N3O3. The lowest BCUT2D eigenvalue weighted by Gasteiger charge is -2.11. The zero-order valence-electron chi connectivity index (χ0n) is 13.2. The number of carbonyl (C=O) groups is 2. The molecule has 6 heteroatoms. The summed E-state index contributed by atoms with van der Waals surface area (Å²) in [6.45, 7) is 2.33. The van der Waals surface area contributed by atoms with Crippen LogP contribution in [0, 0.1) is 11.3 Å². The topological polar surface area (TPSA) is 91.2 Å². The van der Waals surface area contributed by atoms with E-state index in [1.54, 1.807) is 48.5 Å². The number of hydrogen-bond acceptors (Lipinski definition) is 4. The van der Waals surface area contributed by atoms with Crippen LogP contribution in [0.5, 0.6) is 5.75 Å². The quantitative estimate of drug-likeness (QED) is 0.800. The molecule has 0 fully saturated rings. The van der Waals surface area contributed by atoms with E-state index in [0.29, 0.717) is 29.3 Å². The number of carbonyl (C=O) groups excluding carboxylic acids is 2. The van der Waals surface area contributed by atoms with Gasteiger partial charge >= 0.3 is 0 Å². The van der Waals surface area contributed by atoms with E-state index in [4.69, 9.17) is 10.00 Å². The van der Waals surface area contributed by atoms with Crippen molar-refractivity contribution in [3.8, 4) is 11.8 Å². The van der Waals surface area contributed by atoms with Crippen LogP contribution >= 0.6 is 0 Å². The Morgan fingerprint density at radius 2 is 1.71 bits per heavy atom. The van der Waals surface area contributed by atoms with Gasteiger partial charge < -0.3 is 15.4 Å². The number of nitrogens with zero attached hydrogens (tertiary/aromatic N) is 1. The molecule has 0 saturated carbocycles. The number of hydrogen-bond donors (Lipinski definition) is 2. The Morgan fingerprint density at radius 1 is 1.04 bits per heavy atom. The van der Waals surface area contributed by atoms with Crippen molar-refractivity contribution in [2.24, 2.45) is 0 Å². The minimum atomic E-state index is -0.439. The molecule has 122 valence electrons. The highest BCUT2D eigenvalue weighted by molar-refractivity contribution is 6.08. The van der Waals surface area contributed by atoms with Gasteiger partial charge in [0.15, 0.2) is 0 Å². The number of amides is 2. The first kappa shape index (κ1) is 17.0. The van der Waals surface area contributed by atoms with Crippen molar-refractivity contribution in [2.75, 3.05) is 17.2 Å². The zero-order valence-corrected chi connectivity index (χ0v) is 13.2. The van der Waals surface area contributed by atoms with E-state index < -0.39 is 11.8 Å². The van der Waals surface area contributed by atoms with Gasteiger partial charge in [-0.25, -0.2) is 0 Å². The maximum atomic E-state index is 12.0. The van der Waals surface area contributed by atoms with Gasteiger partial charge in [-0.05, 0) is 43.3 Å². The summed E-state index contributed by atoms with van der Waals surface area (Å²) in [5.74, 6) is -0.319. The summed E-state index contributed by atoms with van der Waals surface area (Å²) in [6, 6.07) is 15.4. The van der Waals surface area contributed by atoms with Gasteiger partial charge in [0.25, 0.3) is 0 Å². The Morgan fingerprint density at radius 3 is 2.38 bits per heavy atom. The molecule has 2 aromatic rings. The number of anilines is 2. The molecule has 0 aliphatic rings. The molecule has 0 aliphatic carbocycles. The molecule has 0 heterocycles. The predicted octanol–water partition coefficient (Wildman–Crippen LogP) is 2.92. The van der Waals surface area contributed by atoms with Crippen molar-refractivity contribution in [3.05, 3.63) is 54.1 Å². The standard InChI is InChI=1S/C18H17N3O3/c1-2-24-16-6-4-3-5-15(16)21-18(23)11-17(22)20-14-9-7-13(12-19)8-10-14/h3-10H,2,11H2,1H3,(H,20,22)(H,21,23). The fourth-order valence-corrected chi connectivity index (χ4v) is 2.02. The number of nitrogens with one attached hydrogen (secondary N) is 2. The Balaban J connectivity index is 1.92. The Bertz CT molecular complexity index is 764. The molecule has 0 unspecified atom stereocenters. The third-order valence-electron chi connectivity index (χ3n) is 3.08. The van der Waals surface area contributed by atoms with E-state index in [1.165, 1.54) is 0 Å². The van der Waals surface area contributed by atoms with Crippen LogP contribution in [0.3, 0.4) is 0 Å². The SMILES string of the molecule is CCOc1ccccc1NC(=O)CC(=O)Nc1ccc(C#N)cc1. The Kier molecular flexibility index (Phi) is 5.92. The van der Waals surface area contributed by atoms with E-state index in [-0.39, 0.29) is 6.42 Å². The summed E-state index contributed by atoms with van der Waals surface area (Å²) in [7, 11) is 0. The van der Waals surface area contributed by atoms with Gasteiger partial charge in [-0.3, -0.25) is 9.59 Å². The Labute approximate surface area is 140 Å². The molecule has 24 heavy (non-hydrogen) atoms. The van der Waals surface area contributed by atoms with Crippen LogP contribution < -0.4 is 15.4 Å². The fraction of sp³-hybridized carbons (Fsp3) is 0.167. The molecule has 0 aliphatic heterocycles. The van der Waals surface area contributed by atoms with Crippen LogP contribution in [-0.4, -0.2) is 18.4 Å². The first-order valence-electron chi connectivity index (χ1n) is 7.44. The maximum Gasteiger partial charge on any atom is 0.233 e. The summed E-state index contributed by atoms with van der Waals surface area (Å²) in [6.07, 6.45) is -0.319. The molecule has 0 radical (unpaired) electrons. The summed E-state index contributed by atoms with van der Waals surface area (Å²) in [4.78, 5) is 23.9. The van der Waals surface area contributed by atoms with Gasteiger partial charge in [-0.1, -0.05) is 12.1 Å². The van der Waals surface area contributed by atoms with Crippen LogP contribution in [0.2, 0.25) is 0 Å². The number of ether oxygens (including phenoxy) is 1. The highest BCUT2D eigenvalue weighted by Gasteiger charge is 2.12. The van der Waals surface area contributed by atoms with Crippen LogP contribution in [0.15, 0.2) is 48.5 Å². The number of benzene rings is 2. The third-order valence-corrected chi connectivity index (χ3v) is 3.08. The molecule has 0 atom stereocenters. The molecule has 6 nitrogen and oxygen atoms in total. The fourth-order valence-electron chi connectivity index (χ4n) is 2.02. The Hall–Kier alpha value is -3.33. The van der Waals surface area contributed by atoms with Crippen LogP contribution in [0.25, 0.3) is 0 Å². The first-order valence-corrected chi connectivity index (χ1v) is 7.44. The molecule has 0 spiro atoms. The van der Waals surface area contributed by atoms with Crippen LogP contribution in [0.4, 0.5) is 11.4 Å². The van der Waals surface area contributed by atoms with Crippen molar-refractivity contribution in [1.82, 2.24) is 0 Å². The van der Waals surface area contributed by atoms with Gasteiger partial charge in [-0.15, -0.1) is 0 Å². The third kappa shape index (κ3) is 4.85. The number of rotatable bonds is 6. The molecule has 2 aromatic carbocycles. The summed E-state index contributed by atoms with van der Waals surface area (Å²) in [5, 5.41) is 14.0. The van der Waals surface area contributed by atoms with Crippen molar-refractivity contribution >= 4 is 23.2 Å². The molecule has 2 N–H and O–H groups in total. The van der Waals surface area contributed by atoms with Gasteiger partial charge in [0.05, 0.1) is 23.9 Å². The summed E-state index contributed by atoms with van der Waals surface area (Å²) >= 11 is 0. The van der Waals surface area contributed by atoms with Gasteiger partial charge in [0, 0.05) is 5.69 Å². The summed E-state index contributed by atoms with van der Waals surface area (Å²) in [5.41, 5.74) is 1.55. The lowest BCUT2D eigenvalue weighted by Crippen LogP contribution is -2.21. The minimum Gasteiger partial charge on any atom is -0.492 e. The molecule has 0 saturated heterocycles. The second-order valence-electron chi connectivity index (χ2n) is 4.89. The van der Waals surface area contributed by atoms with Gasteiger partial charge in [0.2, 0.25) is 11.8 Å². The number of nitriles is 1. The smallest absolute Gasteiger partial charge is 0.233 e. The molecular weight excluding hydrogens is 306 g/mol. The lowest BCUT2D eigenvalue weighted by atomic mass is 10.2. The second-order valence-corrected chi connectivity index (χ2v) is 4.89. The maximum absolute atomic E-state index is 12.0. The molecule has 2 amide bonds. The average Bonchev–Trinajstić information content (AvgIpc) is 2.57. The van der Waals surface area contributed by atoms with Crippen molar-refractivity contribution in [1.29, 1.82) is 5.26 Å². The zero-order chi connectivity index (χ0) is 17.4. The van der Waals surface area contributed by atoms with Crippen LogP contribution in [-0.2, 0) is 9.59 Å². The largest absolute Gasteiger partial charge is 0.492 e. The van der Waals surface area contributed by atoms with Crippen molar-refractivity contribution < 1.29 is 14.3 Å². The van der Waals surface area contributed by atoms with Crippen molar-refractivity contribution in [2.45, 2.75) is 13.3 Å². The second kappa shape index (κ2) is 8.34. The molecule has 0 bridgehead atoms. The van der Waals surface area contributed by atoms with E-state index >= 15 is 0 Å². The van der Waals surface area contributed by atoms with Gasteiger partial charge in [-0.2, -0.15) is 5.26 Å². The van der Waals surface area contributed by atoms with Gasteiger partial charge in [0.1, 0.15) is 12.2 Å². The average molecular weight is 323 g/mol. The highest BCUT2D eigenvalue weighted by atomic mass is 16.5. The lowest BCUT2D eigenvalue weighted by molar-refractivity contribution is -0.123. The van der Waals surface area contributed by atoms with Crippen molar-refractivity contribution in [3.63, 3.8) is 0 Å². The van der Waals surface area contributed by atoms with E-state index in [2.05, 4.69) is 10.6 Å². The predicted molar refractivity (Wildman–Crippen MR) is 90.6 cm³/mol. The number of para-hydroxylation sites is 2. The normalized spacial score (nSPS) is 9.67. The first-order chi connectivity index (χ1) is 11.6. The highest BCUT2D eigenvalue weighted by Crippen LogP contribution is 2.23. The van der Waals surface area contributed by atoms with E-state index in [0.717, 1.165) is 0 Å².